The second-order valence-corrected chi connectivity index (χ2v) is 9.81. The van der Waals surface area contributed by atoms with Crippen molar-refractivity contribution in [1.82, 2.24) is 9.62 Å². The van der Waals surface area contributed by atoms with Gasteiger partial charge >= 0.3 is 0 Å². The summed E-state index contributed by atoms with van der Waals surface area (Å²) in [7, 11) is -0.377. The molecule has 0 unspecified atom stereocenters. The number of nitrogens with zero attached hydrogens (tertiary/aromatic N) is 1. The maximum atomic E-state index is 12.4. The number of amides is 2. The highest BCUT2D eigenvalue weighted by atomic mass is 32.2. The second kappa shape index (κ2) is 11.0. The summed E-state index contributed by atoms with van der Waals surface area (Å²) in [6.45, 7) is 0.0526. The lowest BCUT2D eigenvalue weighted by molar-refractivity contribution is -0.111. The molecular formula is C23H23N3O5S2. The molecule has 0 aliphatic rings. The van der Waals surface area contributed by atoms with Gasteiger partial charge in [-0.1, -0.05) is 24.3 Å². The minimum absolute atomic E-state index is 0.0526. The third-order valence-electron chi connectivity index (χ3n) is 4.34. The molecule has 3 rings (SSSR count). The van der Waals surface area contributed by atoms with Crippen molar-refractivity contribution in [3.63, 3.8) is 0 Å². The van der Waals surface area contributed by atoms with Crippen LogP contribution in [0.3, 0.4) is 0 Å². The van der Waals surface area contributed by atoms with Crippen molar-refractivity contribution < 1.29 is 22.4 Å². The van der Waals surface area contributed by atoms with Gasteiger partial charge in [0.2, 0.25) is 15.9 Å². The molecule has 0 aliphatic heterocycles. The van der Waals surface area contributed by atoms with E-state index < -0.39 is 10.0 Å². The molecule has 10 heteroatoms. The van der Waals surface area contributed by atoms with Crippen LogP contribution in [0.2, 0.25) is 0 Å². The highest BCUT2D eigenvalue weighted by Gasteiger charge is 2.14. The first-order valence-electron chi connectivity index (χ1n) is 9.84. The molecule has 0 fully saturated rings. The van der Waals surface area contributed by atoms with Crippen molar-refractivity contribution in [2.45, 2.75) is 16.3 Å². The van der Waals surface area contributed by atoms with Crippen LogP contribution in [-0.4, -0.2) is 38.6 Å². The van der Waals surface area contributed by atoms with E-state index in [0.717, 1.165) is 11.8 Å². The fourth-order valence-electron chi connectivity index (χ4n) is 2.61. The number of hydrogen-bond acceptors (Lipinski definition) is 6. The monoisotopic (exact) mass is 485 g/mol. The van der Waals surface area contributed by atoms with Crippen LogP contribution in [-0.2, 0) is 21.4 Å². The van der Waals surface area contributed by atoms with Gasteiger partial charge in [0, 0.05) is 25.1 Å². The number of furan rings is 1. The number of thioether (sulfide) groups is 1. The molecule has 0 radical (unpaired) electrons. The lowest BCUT2D eigenvalue weighted by Crippen LogP contribution is -2.22. The molecule has 3 aromatic rings. The van der Waals surface area contributed by atoms with E-state index in [1.807, 2.05) is 0 Å². The van der Waals surface area contributed by atoms with Crippen molar-refractivity contribution in [2.75, 3.05) is 19.4 Å². The molecule has 1 aromatic heterocycles. The number of anilines is 1. The molecule has 33 heavy (non-hydrogen) atoms. The molecular weight excluding hydrogens is 462 g/mol. The van der Waals surface area contributed by atoms with Crippen molar-refractivity contribution in [1.29, 1.82) is 0 Å². The Kier molecular flexibility index (Phi) is 8.10. The van der Waals surface area contributed by atoms with Crippen LogP contribution in [0, 0.1) is 0 Å². The third kappa shape index (κ3) is 7.07. The largest absolute Gasteiger partial charge is 0.468 e. The summed E-state index contributed by atoms with van der Waals surface area (Å²) in [6.07, 6.45) is 4.39. The van der Waals surface area contributed by atoms with Gasteiger partial charge in [0.25, 0.3) is 5.24 Å². The van der Waals surface area contributed by atoms with Crippen LogP contribution in [0.5, 0.6) is 0 Å². The van der Waals surface area contributed by atoms with E-state index in [1.165, 1.54) is 29.4 Å². The summed E-state index contributed by atoms with van der Waals surface area (Å²) in [5.74, 6) is 0.132. The quantitative estimate of drug-likeness (QED) is 0.366. The minimum atomic E-state index is -3.69. The van der Waals surface area contributed by atoms with Gasteiger partial charge in [-0.25, -0.2) is 13.1 Å². The van der Waals surface area contributed by atoms with Gasteiger partial charge in [0.15, 0.2) is 0 Å². The Hall–Kier alpha value is -3.34. The van der Waals surface area contributed by atoms with Crippen molar-refractivity contribution >= 4 is 44.7 Å². The Morgan fingerprint density at radius 1 is 1.03 bits per heavy atom. The molecule has 0 aliphatic carbocycles. The van der Waals surface area contributed by atoms with E-state index in [1.54, 1.807) is 68.7 Å². The lowest BCUT2D eigenvalue weighted by atomic mass is 10.2. The Morgan fingerprint density at radius 3 is 2.42 bits per heavy atom. The van der Waals surface area contributed by atoms with Crippen LogP contribution in [0.15, 0.2) is 87.2 Å². The van der Waals surface area contributed by atoms with Crippen molar-refractivity contribution in [3.05, 3.63) is 84.3 Å². The van der Waals surface area contributed by atoms with Crippen LogP contribution < -0.4 is 10.0 Å². The molecule has 172 valence electrons. The van der Waals surface area contributed by atoms with Gasteiger partial charge in [-0.3, -0.25) is 9.59 Å². The molecule has 1 heterocycles. The van der Waals surface area contributed by atoms with Crippen molar-refractivity contribution in [3.8, 4) is 0 Å². The molecule has 2 aromatic carbocycles. The fraction of sp³-hybridized carbons (Fsp3) is 0.130. The number of sulfonamides is 1. The average Bonchev–Trinajstić information content (AvgIpc) is 3.32. The SMILES string of the molecule is CN(C)C(=O)Sc1ccccc1NC(=O)/C=C/c1ccc(S(=O)(=O)NCc2ccco2)cc1. The number of benzene rings is 2. The van der Waals surface area contributed by atoms with Crippen LogP contribution in [0.25, 0.3) is 6.08 Å². The fourth-order valence-corrected chi connectivity index (χ4v) is 4.35. The van der Waals surface area contributed by atoms with E-state index in [4.69, 9.17) is 4.42 Å². The zero-order chi connectivity index (χ0) is 23.8. The Bertz CT molecular complexity index is 1240. The Morgan fingerprint density at radius 2 is 1.76 bits per heavy atom. The average molecular weight is 486 g/mol. The third-order valence-corrected chi connectivity index (χ3v) is 6.87. The molecule has 8 nitrogen and oxygen atoms in total. The molecule has 0 saturated carbocycles. The highest BCUT2D eigenvalue weighted by molar-refractivity contribution is 8.13. The summed E-state index contributed by atoms with van der Waals surface area (Å²) in [6, 6.07) is 16.5. The first-order chi connectivity index (χ1) is 15.7. The van der Waals surface area contributed by atoms with Crippen LogP contribution in [0.1, 0.15) is 11.3 Å². The van der Waals surface area contributed by atoms with Crippen molar-refractivity contribution in [2.24, 2.45) is 0 Å². The normalized spacial score (nSPS) is 11.5. The van der Waals surface area contributed by atoms with Crippen LogP contribution >= 0.6 is 11.8 Å². The van der Waals surface area contributed by atoms with Gasteiger partial charge in [0.1, 0.15) is 5.76 Å². The summed E-state index contributed by atoms with van der Waals surface area (Å²) in [4.78, 5) is 26.5. The van der Waals surface area contributed by atoms with Gasteiger partial charge in [-0.2, -0.15) is 0 Å². The molecule has 2 N–H and O–H groups in total. The number of rotatable bonds is 8. The number of nitrogens with one attached hydrogen (secondary N) is 2. The maximum Gasteiger partial charge on any atom is 0.286 e. The zero-order valence-corrected chi connectivity index (χ0v) is 19.7. The number of carbonyl (C=O) groups excluding carboxylic acids is 2. The lowest BCUT2D eigenvalue weighted by Gasteiger charge is -2.12. The van der Waals surface area contributed by atoms with E-state index in [9.17, 15) is 18.0 Å². The zero-order valence-electron chi connectivity index (χ0n) is 18.0. The van der Waals surface area contributed by atoms with Gasteiger partial charge < -0.3 is 14.6 Å². The van der Waals surface area contributed by atoms with E-state index >= 15 is 0 Å². The van der Waals surface area contributed by atoms with Gasteiger partial charge in [-0.05, 0) is 59.8 Å². The van der Waals surface area contributed by atoms with E-state index in [0.29, 0.717) is 21.9 Å². The Balaban J connectivity index is 1.61. The standard InChI is InChI=1S/C23H23N3O5S2/c1-26(2)23(28)32-21-8-4-3-7-20(21)25-22(27)14-11-17-9-12-19(13-10-17)33(29,30)24-16-18-6-5-15-31-18/h3-15,24H,16H2,1-2H3,(H,25,27)/b14-11+. The Labute approximate surface area is 196 Å². The summed E-state index contributed by atoms with van der Waals surface area (Å²) in [5, 5.41) is 2.61. The molecule has 0 saturated heterocycles. The van der Waals surface area contributed by atoms with Crippen LogP contribution in [0.4, 0.5) is 10.5 Å². The molecule has 2 amide bonds. The smallest absolute Gasteiger partial charge is 0.286 e. The summed E-state index contributed by atoms with van der Waals surface area (Å²) < 4.78 is 32.4. The number of carbonyl (C=O) groups is 2. The predicted molar refractivity (Wildman–Crippen MR) is 128 cm³/mol. The first-order valence-corrected chi connectivity index (χ1v) is 12.1. The molecule has 0 spiro atoms. The second-order valence-electron chi connectivity index (χ2n) is 7.05. The molecule has 0 atom stereocenters. The first kappa shape index (κ1) is 24.3. The topological polar surface area (TPSA) is 109 Å². The predicted octanol–water partition coefficient (Wildman–Crippen LogP) is 4.18. The van der Waals surface area contributed by atoms with E-state index in [-0.39, 0.29) is 22.6 Å². The maximum absolute atomic E-state index is 12.4. The number of hydrogen-bond donors (Lipinski definition) is 2. The number of para-hydroxylation sites is 1. The van der Waals surface area contributed by atoms with Gasteiger partial charge in [0.05, 0.1) is 23.4 Å². The van der Waals surface area contributed by atoms with Gasteiger partial charge in [-0.15, -0.1) is 0 Å². The minimum Gasteiger partial charge on any atom is -0.468 e. The summed E-state index contributed by atoms with van der Waals surface area (Å²) >= 11 is 1.02. The molecule has 0 bridgehead atoms. The summed E-state index contributed by atoms with van der Waals surface area (Å²) in [5.41, 5.74) is 1.18. The van der Waals surface area contributed by atoms with E-state index in [2.05, 4.69) is 10.0 Å². The highest BCUT2D eigenvalue weighted by Crippen LogP contribution is 2.28.